The Morgan fingerprint density at radius 2 is 1.83 bits per heavy atom. The van der Waals surface area contributed by atoms with E-state index in [0.29, 0.717) is 16.9 Å². The summed E-state index contributed by atoms with van der Waals surface area (Å²) in [5.41, 5.74) is 7.17. The fourth-order valence-electron chi connectivity index (χ4n) is 1.55. The molecule has 94 valence electrons. The Bertz CT molecular complexity index is 654. The summed E-state index contributed by atoms with van der Waals surface area (Å²) in [6, 6.07) is 7.97. The van der Waals surface area contributed by atoms with Gasteiger partial charge in [0.15, 0.2) is 0 Å². The summed E-state index contributed by atoms with van der Waals surface area (Å²) < 4.78 is 26.9. The van der Waals surface area contributed by atoms with Crippen LogP contribution in [-0.2, 0) is 10.0 Å². The van der Waals surface area contributed by atoms with E-state index >= 15 is 0 Å². The minimum Gasteiger partial charge on any atom is -0.398 e. The molecule has 1 aromatic carbocycles. The molecule has 1 aromatic heterocycles. The predicted octanol–water partition coefficient (Wildman–Crippen LogP) is 1.77. The van der Waals surface area contributed by atoms with Gasteiger partial charge in [-0.2, -0.15) is 0 Å². The molecule has 0 fully saturated rings. The van der Waals surface area contributed by atoms with Gasteiger partial charge in [-0.3, -0.25) is 9.71 Å². The van der Waals surface area contributed by atoms with Gasteiger partial charge in [-0.05, 0) is 36.8 Å². The van der Waals surface area contributed by atoms with Gasteiger partial charge in [0, 0.05) is 18.1 Å². The number of aromatic nitrogens is 1. The molecule has 0 aliphatic carbocycles. The largest absolute Gasteiger partial charge is 0.398 e. The maximum absolute atomic E-state index is 12.2. The van der Waals surface area contributed by atoms with Crippen molar-refractivity contribution in [3.63, 3.8) is 0 Å². The van der Waals surface area contributed by atoms with E-state index in [1.165, 1.54) is 18.5 Å². The van der Waals surface area contributed by atoms with Crippen LogP contribution in [0.4, 0.5) is 11.4 Å². The zero-order valence-corrected chi connectivity index (χ0v) is 10.6. The van der Waals surface area contributed by atoms with Crippen molar-refractivity contribution < 1.29 is 8.42 Å². The Morgan fingerprint density at radius 3 is 2.50 bits per heavy atom. The third-order valence-electron chi connectivity index (χ3n) is 2.55. The van der Waals surface area contributed by atoms with Crippen LogP contribution in [0.2, 0.25) is 0 Å². The SMILES string of the molecule is Cc1c(N)cccc1S(=O)(=O)Nc1ccncc1. The van der Waals surface area contributed by atoms with Gasteiger partial charge in [0.2, 0.25) is 0 Å². The highest BCUT2D eigenvalue weighted by atomic mass is 32.2. The van der Waals surface area contributed by atoms with E-state index in [-0.39, 0.29) is 4.90 Å². The summed E-state index contributed by atoms with van der Waals surface area (Å²) in [7, 11) is -3.62. The van der Waals surface area contributed by atoms with E-state index < -0.39 is 10.0 Å². The number of nitrogens with one attached hydrogen (secondary N) is 1. The van der Waals surface area contributed by atoms with Crippen LogP contribution in [0.1, 0.15) is 5.56 Å². The number of pyridine rings is 1. The third-order valence-corrected chi connectivity index (χ3v) is 4.07. The molecule has 0 aliphatic heterocycles. The summed E-state index contributed by atoms with van der Waals surface area (Å²) >= 11 is 0. The zero-order valence-electron chi connectivity index (χ0n) is 9.79. The molecule has 0 saturated carbocycles. The van der Waals surface area contributed by atoms with Crippen molar-refractivity contribution in [2.45, 2.75) is 11.8 Å². The fourth-order valence-corrected chi connectivity index (χ4v) is 2.89. The molecular weight excluding hydrogens is 250 g/mol. The quantitative estimate of drug-likeness (QED) is 0.826. The summed E-state index contributed by atoms with van der Waals surface area (Å²) in [5, 5.41) is 0. The normalized spacial score (nSPS) is 11.2. The summed E-state index contributed by atoms with van der Waals surface area (Å²) in [5.74, 6) is 0. The second kappa shape index (κ2) is 4.66. The van der Waals surface area contributed by atoms with Crippen molar-refractivity contribution in [1.29, 1.82) is 0 Å². The molecule has 0 atom stereocenters. The molecule has 0 unspecified atom stereocenters. The number of hydrogen-bond donors (Lipinski definition) is 2. The molecule has 0 amide bonds. The number of sulfonamides is 1. The van der Waals surface area contributed by atoms with Crippen molar-refractivity contribution in [2.75, 3.05) is 10.5 Å². The first-order valence-electron chi connectivity index (χ1n) is 5.28. The van der Waals surface area contributed by atoms with Gasteiger partial charge in [-0.15, -0.1) is 0 Å². The topological polar surface area (TPSA) is 85.1 Å². The Hall–Kier alpha value is -2.08. The van der Waals surface area contributed by atoms with Crippen molar-refractivity contribution >= 4 is 21.4 Å². The number of benzene rings is 1. The van der Waals surface area contributed by atoms with E-state index in [0.717, 1.165) is 0 Å². The lowest BCUT2D eigenvalue weighted by molar-refractivity contribution is 0.600. The highest BCUT2D eigenvalue weighted by Crippen LogP contribution is 2.22. The lowest BCUT2D eigenvalue weighted by Gasteiger charge is -2.11. The van der Waals surface area contributed by atoms with Gasteiger partial charge in [-0.1, -0.05) is 6.07 Å². The van der Waals surface area contributed by atoms with Crippen molar-refractivity contribution in [3.05, 3.63) is 48.3 Å². The van der Waals surface area contributed by atoms with Gasteiger partial charge < -0.3 is 5.73 Å². The molecule has 0 spiro atoms. The molecule has 1 heterocycles. The standard InChI is InChI=1S/C12H13N3O2S/c1-9-11(13)3-2-4-12(9)18(16,17)15-10-5-7-14-8-6-10/h2-8H,13H2,1H3,(H,14,15). The van der Waals surface area contributed by atoms with Crippen molar-refractivity contribution in [1.82, 2.24) is 4.98 Å². The molecule has 5 nitrogen and oxygen atoms in total. The summed E-state index contributed by atoms with van der Waals surface area (Å²) in [6.07, 6.45) is 3.04. The minimum absolute atomic E-state index is 0.180. The molecule has 6 heteroatoms. The van der Waals surface area contributed by atoms with Gasteiger partial charge >= 0.3 is 0 Å². The molecule has 0 saturated heterocycles. The number of rotatable bonds is 3. The van der Waals surface area contributed by atoms with E-state index in [4.69, 9.17) is 5.73 Å². The van der Waals surface area contributed by atoms with E-state index in [1.54, 1.807) is 31.2 Å². The van der Waals surface area contributed by atoms with Crippen molar-refractivity contribution in [2.24, 2.45) is 0 Å². The lowest BCUT2D eigenvalue weighted by Crippen LogP contribution is -2.14. The van der Waals surface area contributed by atoms with Crippen LogP contribution in [-0.4, -0.2) is 13.4 Å². The number of nitrogens with zero attached hydrogens (tertiary/aromatic N) is 1. The molecule has 2 aromatic rings. The summed E-state index contributed by atoms with van der Waals surface area (Å²) in [4.78, 5) is 4.00. The van der Waals surface area contributed by atoms with Gasteiger partial charge in [0.25, 0.3) is 10.0 Å². The van der Waals surface area contributed by atoms with E-state index in [9.17, 15) is 8.42 Å². The maximum atomic E-state index is 12.2. The number of hydrogen-bond acceptors (Lipinski definition) is 4. The average molecular weight is 263 g/mol. The molecule has 2 rings (SSSR count). The Balaban J connectivity index is 2.41. The summed E-state index contributed by atoms with van der Waals surface area (Å²) in [6.45, 7) is 1.68. The van der Waals surface area contributed by atoms with Crippen LogP contribution >= 0.6 is 0 Å². The Labute approximate surface area is 106 Å². The highest BCUT2D eigenvalue weighted by Gasteiger charge is 2.17. The van der Waals surface area contributed by atoms with E-state index in [1.807, 2.05) is 0 Å². The number of nitrogen functional groups attached to an aromatic ring is 1. The van der Waals surface area contributed by atoms with Gasteiger partial charge in [-0.25, -0.2) is 8.42 Å². The smallest absolute Gasteiger partial charge is 0.262 e. The maximum Gasteiger partial charge on any atom is 0.262 e. The van der Waals surface area contributed by atoms with Gasteiger partial charge in [0.1, 0.15) is 0 Å². The van der Waals surface area contributed by atoms with Crippen LogP contribution in [0.25, 0.3) is 0 Å². The number of anilines is 2. The average Bonchev–Trinajstić information content (AvgIpc) is 2.33. The minimum atomic E-state index is -3.62. The predicted molar refractivity (Wildman–Crippen MR) is 70.6 cm³/mol. The molecule has 3 N–H and O–H groups in total. The van der Waals surface area contributed by atoms with Crippen LogP contribution in [0.3, 0.4) is 0 Å². The molecule has 0 bridgehead atoms. The van der Waals surface area contributed by atoms with Crippen LogP contribution in [0.5, 0.6) is 0 Å². The fraction of sp³-hybridized carbons (Fsp3) is 0.0833. The number of nitrogens with two attached hydrogens (primary N) is 1. The van der Waals surface area contributed by atoms with Crippen molar-refractivity contribution in [3.8, 4) is 0 Å². The second-order valence-corrected chi connectivity index (χ2v) is 5.46. The first-order chi connectivity index (χ1) is 8.50. The molecule has 18 heavy (non-hydrogen) atoms. The van der Waals surface area contributed by atoms with Gasteiger partial charge in [0.05, 0.1) is 10.6 Å². The monoisotopic (exact) mass is 263 g/mol. The first-order valence-corrected chi connectivity index (χ1v) is 6.77. The van der Waals surface area contributed by atoms with Crippen LogP contribution < -0.4 is 10.5 Å². The Morgan fingerprint density at radius 1 is 1.17 bits per heavy atom. The Kier molecular flexibility index (Phi) is 3.20. The van der Waals surface area contributed by atoms with E-state index in [2.05, 4.69) is 9.71 Å². The zero-order chi connectivity index (χ0) is 13.2. The highest BCUT2D eigenvalue weighted by molar-refractivity contribution is 7.92. The second-order valence-electron chi connectivity index (χ2n) is 3.81. The van der Waals surface area contributed by atoms with Crippen LogP contribution in [0, 0.1) is 6.92 Å². The lowest BCUT2D eigenvalue weighted by atomic mass is 10.2. The van der Waals surface area contributed by atoms with Crippen LogP contribution in [0.15, 0.2) is 47.6 Å². The molecular formula is C12H13N3O2S. The molecule has 0 aliphatic rings. The first kappa shape index (κ1) is 12.4. The third kappa shape index (κ3) is 2.43. The molecule has 0 radical (unpaired) electrons.